The van der Waals surface area contributed by atoms with E-state index in [1.54, 1.807) is 23.8 Å². The molecule has 0 fully saturated rings. The molecule has 0 aliphatic carbocycles. The lowest BCUT2D eigenvalue weighted by Gasteiger charge is -2.10. The fourth-order valence-electron chi connectivity index (χ4n) is 1.73. The molecule has 4 nitrogen and oxygen atoms in total. The number of alkyl halides is 1. The minimum absolute atomic E-state index is 0.0229. The molecule has 0 amide bonds. The molecule has 0 radical (unpaired) electrons. The highest BCUT2D eigenvalue weighted by atomic mass is 35.5. The number of methoxy groups -OCH3 is 1. The van der Waals surface area contributed by atoms with E-state index in [-0.39, 0.29) is 10.9 Å². The zero-order chi connectivity index (χ0) is 13.8. The van der Waals surface area contributed by atoms with Crippen molar-refractivity contribution in [2.45, 2.75) is 12.4 Å². The summed E-state index contributed by atoms with van der Waals surface area (Å²) >= 11 is 11.8. The van der Waals surface area contributed by atoms with Gasteiger partial charge in [0.25, 0.3) is 0 Å². The Balaban J connectivity index is 2.49. The van der Waals surface area contributed by atoms with Gasteiger partial charge in [0.15, 0.2) is 5.82 Å². The average molecular weight is 304 g/mol. The van der Waals surface area contributed by atoms with Crippen LogP contribution in [0.25, 0.3) is 11.4 Å². The molecule has 0 unspecified atom stereocenters. The van der Waals surface area contributed by atoms with Gasteiger partial charge in [0.05, 0.1) is 17.5 Å². The maximum absolute atomic E-state index is 13.5. The van der Waals surface area contributed by atoms with Crippen LogP contribution in [0.5, 0.6) is 0 Å². The van der Waals surface area contributed by atoms with E-state index in [0.29, 0.717) is 30.4 Å². The van der Waals surface area contributed by atoms with Gasteiger partial charge in [-0.25, -0.2) is 4.39 Å². The van der Waals surface area contributed by atoms with Crippen LogP contribution in [0.4, 0.5) is 4.39 Å². The fraction of sp³-hybridized carbons (Fsp3) is 0.333. The molecule has 1 aromatic carbocycles. The van der Waals surface area contributed by atoms with Gasteiger partial charge in [-0.15, -0.1) is 21.8 Å². The Hall–Kier alpha value is -1.17. The quantitative estimate of drug-likeness (QED) is 0.797. The van der Waals surface area contributed by atoms with Crippen molar-refractivity contribution in [2.24, 2.45) is 0 Å². The monoisotopic (exact) mass is 303 g/mol. The molecule has 0 saturated carbocycles. The van der Waals surface area contributed by atoms with Crippen molar-refractivity contribution < 1.29 is 9.13 Å². The minimum Gasteiger partial charge on any atom is -0.383 e. The van der Waals surface area contributed by atoms with Crippen molar-refractivity contribution >= 4 is 23.2 Å². The Morgan fingerprint density at radius 1 is 1.37 bits per heavy atom. The second-order valence-corrected chi connectivity index (χ2v) is 4.46. The van der Waals surface area contributed by atoms with E-state index in [1.807, 2.05) is 0 Å². The Bertz CT molecular complexity index is 574. The lowest BCUT2D eigenvalue weighted by molar-refractivity contribution is 0.187. The maximum Gasteiger partial charge on any atom is 0.165 e. The predicted molar refractivity (Wildman–Crippen MR) is 71.9 cm³/mol. The van der Waals surface area contributed by atoms with Crippen molar-refractivity contribution in [2.75, 3.05) is 13.7 Å². The summed E-state index contributed by atoms with van der Waals surface area (Å²) < 4.78 is 20.3. The van der Waals surface area contributed by atoms with Crippen molar-refractivity contribution in [3.63, 3.8) is 0 Å². The second-order valence-electron chi connectivity index (χ2n) is 3.82. The Labute approximate surface area is 120 Å². The molecule has 0 N–H and O–H groups in total. The molecular formula is C12H12Cl2FN3O. The molecule has 0 aliphatic rings. The number of halogens is 3. The van der Waals surface area contributed by atoms with Crippen LogP contribution in [0.2, 0.25) is 5.02 Å². The molecule has 1 heterocycles. The van der Waals surface area contributed by atoms with Crippen LogP contribution in [-0.4, -0.2) is 28.5 Å². The van der Waals surface area contributed by atoms with Crippen molar-refractivity contribution in [3.05, 3.63) is 34.9 Å². The summed E-state index contributed by atoms with van der Waals surface area (Å²) in [5, 5.41) is 8.04. The number of benzene rings is 1. The molecular weight excluding hydrogens is 292 g/mol. The molecule has 1 aromatic heterocycles. The van der Waals surface area contributed by atoms with Crippen LogP contribution in [0.3, 0.4) is 0 Å². The standard InChI is InChI=1S/C12H12Cl2FN3O/c1-19-6-5-18-10(7-13)16-17-12(18)8-3-2-4-9(15)11(8)14/h2-4H,5-7H2,1H3. The Kier molecular flexibility index (Phi) is 4.74. The normalized spacial score (nSPS) is 10.9. The summed E-state index contributed by atoms with van der Waals surface area (Å²) in [4.78, 5) is 0. The molecule has 2 rings (SSSR count). The van der Waals surface area contributed by atoms with Gasteiger partial charge < -0.3 is 9.30 Å². The largest absolute Gasteiger partial charge is 0.383 e. The first-order valence-electron chi connectivity index (χ1n) is 5.60. The lowest BCUT2D eigenvalue weighted by atomic mass is 10.2. The first kappa shape index (κ1) is 14.2. The highest BCUT2D eigenvalue weighted by Crippen LogP contribution is 2.29. The van der Waals surface area contributed by atoms with Gasteiger partial charge in [-0.3, -0.25) is 0 Å². The van der Waals surface area contributed by atoms with Gasteiger partial charge in [0.1, 0.15) is 11.6 Å². The molecule has 0 spiro atoms. The first-order chi connectivity index (χ1) is 9.19. The van der Waals surface area contributed by atoms with Crippen LogP contribution >= 0.6 is 23.2 Å². The summed E-state index contributed by atoms with van der Waals surface area (Å²) in [5.74, 6) is 0.794. The van der Waals surface area contributed by atoms with Gasteiger partial charge in [-0.1, -0.05) is 17.7 Å². The maximum atomic E-state index is 13.5. The van der Waals surface area contributed by atoms with Gasteiger partial charge >= 0.3 is 0 Å². The lowest BCUT2D eigenvalue weighted by Crippen LogP contribution is -2.09. The molecule has 7 heteroatoms. The van der Waals surface area contributed by atoms with Crippen LogP contribution in [0, 0.1) is 5.82 Å². The summed E-state index contributed by atoms with van der Waals surface area (Å²) in [6.45, 7) is 0.996. The molecule has 0 atom stereocenters. The second kappa shape index (κ2) is 6.32. The first-order valence-corrected chi connectivity index (χ1v) is 6.51. The van der Waals surface area contributed by atoms with Crippen molar-refractivity contribution in [3.8, 4) is 11.4 Å². The van der Waals surface area contributed by atoms with Gasteiger partial charge in [0.2, 0.25) is 0 Å². The number of hydrogen-bond acceptors (Lipinski definition) is 3. The molecule has 19 heavy (non-hydrogen) atoms. The summed E-state index contributed by atoms with van der Waals surface area (Å²) in [6, 6.07) is 4.56. The number of ether oxygens (including phenoxy) is 1. The highest BCUT2D eigenvalue weighted by Gasteiger charge is 2.17. The zero-order valence-electron chi connectivity index (χ0n) is 10.2. The predicted octanol–water partition coefficient (Wildman–Crippen LogP) is 3.12. The van der Waals surface area contributed by atoms with E-state index in [4.69, 9.17) is 27.9 Å². The van der Waals surface area contributed by atoms with E-state index in [1.165, 1.54) is 6.07 Å². The topological polar surface area (TPSA) is 39.9 Å². The summed E-state index contributed by atoms with van der Waals surface area (Å²) in [5.41, 5.74) is 0.488. The third-order valence-corrected chi connectivity index (χ3v) is 3.28. The Morgan fingerprint density at radius 2 is 2.16 bits per heavy atom. The van der Waals surface area contributed by atoms with Crippen LogP contribution in [0.15, 0.2) is 18.2 Å². The highest BCUT2D eigenvalue weighted by molar-refractivity contribution is 6.33. The van der Waals surface area contributed by atoms with E-state index >= 15 is 0 Å². The summed E-state index contributed by atoms with van der Waals surface area (Å²) in [7, 11) is 1.60. The molecule has 0 aliphatic heterocycles. The third kappa shape index (κ3) is 2.88. The van der Waals surface area contributed by atoms with E-state index in [2.05, 4.69) is 10.2 Å². The molecule has 0 saturated heterocycles. The van der Waals surface area contributed by atoms with E-state index in [0.717, 1.165) is 0 Å². The fourth-order valence-corrected chi connectivity index (χ4v) is 2.14. The summed E-state index contributed by atoms with van der Waals surface area (Å²) in [6.07, 6.45) is 0. The number of hydrogen-bond donors (Lipinski definition) is 0. The molecule has 0 bridgehead atoms. The molecule has 102 valence electrons. The van der Waals surface area contributed by atoms with E-state index < -0.39 is 5.82 Å². The third-order valence-electron chi connectivity index (χ3n) is 2.66. The number of nitrogens with zero attached hydrogens (tertiary/aromatic N) is 3. The van der Waals surface area contributed by atoms with Crippen LogP contribution in [0.1, 0.15) is 5.82 Å². The zero-order valence-corrected chi connectivity index (χ0v) is 11.7. The SMILES string of the molecule is COCCn1c(CCl)nnc1-c1cccc(F)c1Cl. The molecule has 2 aromatic rings. The van der Waals surface area contributed by atoms with Crippen LogP contribution < -0.4 is 0 Å². The van der Waals surface area contributed by atoms with Gasteiger partial charge in [-0.05, 0) is 12.1 Å². The smallest absolute Gasteiger partial charge is 0.165 e. The number of aromatic nitrogens is 3. The van der Waals surface area contributed by atoms with Gasteiger partial charge in [0, 0.05) is 19.2 Å². The van der Waals surface area contributed by atoms with E-state index in [9.17, 15) is 4.39 Å². The van der Waals surface area contributed by atoms with Gasteiger partial charge in [-0.2, -0.15) is 0 Å². The average Bonchev–Trinajstić information content (AvgIpc) is 2.82. The van der Waals surface area contributed by atoms with Crippen molar-refractivity contribution in [1.82, 2.24) is 14.8 Å². The minimum atomic E-state index is -0.493. The van der Waals surface area contributed by atoms with Crippen LogP contribution in [-0.2, 0) is 17.2 Å². The Morgan fingerprint density at radius 3 is 2.84 bits per heavy atom. The number of rotatable bonds is 5. The van der Waals surface area contributed by atoms with Crippen molar-refractivity contribution in [1.29, 1.82) is 0 Å².